The summed E-state index contributed by atoms with van der Waals surface area (Å²) in [4.78, 5) is 58.9. The number of cyclic esters (lactones) is 1. The van der Waals surface area contributed by atoms with Gasteiger partial charge in [0.2, 0.25) is 11.8 Å². The monoisotopic (exact) mass is 529 g/mol. The number of fused-ring (bicyclic) bond motifs is 1. The number of thioether (sulfide) groups is 1. The lowest BCUT2D eigenvalue weighted by molar-refractivity contribution is -0.144. The summed E-state index contributed by atoms with van der Waals surface area (Å²) in [6.45, 7) is 2.42. The van der Waals surface area contributed by atoms with Crippen molar-refractivity contribution in [3.05, 3.63) is 22.8 Å². The van der Waals surface area contributed by atoms with Crippen molar-refractivity contribution in [3.63, 3.8) is 0 Å². The van der Waals surface area contributed by atoms with Gasteiger partial charge in [0, 0.05) is 48.6 Å². The van der Waals surface area contributed by atoms with E-state index in [4.69, 9.17) is 19.4 Å². The number of hydrogen-bond donors (Lipinski definition) is 6. The highest BCUT2D eigenvalue weighted by Crippen LogP contribution is 2.35. The predicted molar refractivity (Wildman–Crippen MR) is 129 cm³/mol. The first-order valence-electron chi connectivity index (χ1n) is 10.7. The number of phenols is 2. The smallest absolute Gasteiger partial charge is 0.339 e. The standard InChI is InChI=1S/C20H27N3O8S.C2H4O2/c1-10-14(24)6-15(25)11-8-32-9-13(19(28)30-3)23-18(27)12(7-31-20(29)17(10)11)22-16(26)4-5-21-2;1-2(3)4/h6,12-13,21,24-25H,4-5,7-9H2,1-3H3,(H,22,26)(H,23,27);1H3,(H,3,4)/t12-,13-;/m0./s1. The normalized spacial score (nSPS) is 18.0. The van der Waals surface area contributed by atoms with Gasteiger partial charge < -0.3 is 40.7 Å². The number of carboxylic acids is 1. The summed E-state index contributed by atoms with van der Waals surface area (Å²) < 4.78 is 10.0. The molecule has 0 spiro atoms. The van der Waals surface area contributed by atoms with Crippen LogP contribution in [0.15, 0.2) is 6.07 Å². The average molecular weight is 530 g/mol. The number of hydrogen-bond acceptors (Lipinski definition) is 11. The van der Waals surface area contributed by atoms with Crippen LogP contribution in [-0.2, 0) is 34.4 Å². The van der Waals surface area contributed by atoms with E-state index in [2.05, 4.69) is 16.0 Å². The summed E-state index contributed by atoms with van der Waals surface area (Å²) in [6, 6.07) is -1.18. The van der Waals surface area contributed by atoms with Gasteiger partial charge in [-0.15, -0.1) is 0 Å². The molecule has 0 saturated heterocycles. The van der Waals surface area contributed by atoms with Gasteiger partial charge in [-0.3, -0.25) is 14.4 Å². The van der Waals surface area contributed by atoms with Gasteiger partial charge in [0.1, 0.15) is 30.2 Å². The largest absolute Gasteiger partial charge is 0.508 e. The molecule has 2 atom stereocenters. The molecule has 1 aromatic rings. The Morgan fingerprint density at radius 2 is 1.89 bits per heavy atom. The number of aliphatic carboxylic acids is 1. The Balaban J connectivity index is 0.00000150. The van der Waals surface area contributed by atoms with Crippen LogP contribution in [0.5, 0.6) is 11.5 Å². The molecule has 0 radical (unpaired) electrons. The average Bonchev–Trinajstić information content (AvgIpc) is 2.80. The molecule has 0 fully saturated rings. The number of amides is 2. The minimum absolute atomic E-state index is 0.0362. The molecule has 1 aliphatic rings. The quantitative estimate of drug-likeness (QED) is 0.271. The van der Waals surface area contributed by atoms with Crippen molar-refractivity contribution in [3.8, 4) is 11.5 Å². The number of methoxy groups -OCH3 is 1. The first-order valence-corrected chi connectivity index (χ1v) is 11.9. The maximum Gasteiger partial charge on any atom is 0.339 e. The summed E-state index contributed by atoms with van der Waals surface area (Å²) in [7, 11) is 2.85. The number of phenolic OH excluding ortho intramolecular Hbond substituents is 2. The van der Waals surface area contributed by atoms with Crippen LogP contribution >= 0.6 is 11.8 Å². The lowest BCUT2D eigenvalue weighted by atomic mass is 10.0. The highest BCUT2D eigenvalue weighted by Gasteiger charge is 2.31. The van der Waals surface area contributed by atoms with Gasteiger partial charge in [-0.1, -0.05) is 0 Å². The SMILES string of the molecule is CC(=O)O.CNCCC(=O)N[C@H]1COC(=O)c2c(C)c(O)cc(O)c2CSC[C@@H](C(=O)OC)NC1=O. The third kappa shape index (κ3) is 9.26. The van der Waals surface area contributed by atoms with Crippen molar-refractivity contribution in [2.75, 3.05) is 33.1 Å². The summed E-state index contributed by atoms with van der Waals surface area (Å²) in [5, 5.41) is 35.6. The topological polar surface area (TPSA) is 201 Å². The molecule has 13 nitrogen and oxygen atoms in total. The van der Waals surface area contributed by atoms with Crippen molar-refractivity contribution in [2.24, 2.45) is 0 Å². The number of ether oxygens (including phenoxy) is 2. The van der Waals surface area contributed by atoms with Gasteiger partial charge in [-0.25, -0.2) is 9.59 Å². The molecule has 0 bridgehead atoms. The van der Waals surface area contributed by atoms with E-state index in [-0.39, 0.29) is 46.1 Å². The van der Waals surface area contributed by atoms with Crippen molar-refractivity contribution in [2.45, 2.75) is 38.1 Å². The molecule has 1 heterocycles. The lowest BCUT2D eigenvalue weighted by Crippen LogP contribution is -2.54. The second-order valence-corrected chi connectivity index (χ2v) is 8.61. The van der Waals surface area contributed by atoms with Crippen LogP contribution in [0.4, 0.5) is 0 Å². The summed E-state index contributed by atoms with van der Waals surface area (Å²) in [5.41, 5.74) is 0.385. The molecule has 6 N–H and O–H groups in total. The van der Waals surface area contributed by atoms with Crippen LogP contribution in [0.3, 0.4) is 0 Å². The highest BCUT2D eigenvalue weighted by atomic mass is 32.2. The fourth-order valence-electron chi connectivity index (χ4n) is 3.01. The first-order chi connectivity index (χ1) is 16.9. The molecule has 0 aromatic heterocycles. The number of carbonyl (C=O) groups excluding carboxylic acids is 4. The van der Waals surface area contributed by atoms with Gasteiger partial charge in [-0.2, -0.15) is 11.8 Å². The van der Waals surface area contributed by atoms with Crippen LogP contribution in [0.1, 0.15) is 34.8 Å². The molecular formula is C22H31N3O10S. The van der Waals surface area contributed by atoms with Gasteiger partial charge >= 0.3 is 11.9 Å². The Bertz CT molecular complexity index is 981. The molecule has 2 amide bonds. The Morgan fingerprint density at radius 1 is 1.25 bits per heavy atom. The number of aromatic hydroxyl groups is 2. The van der Waals surface area contributed by atoms with Crippen molar-refractivity contribution < 1.29 is 48.8 Å². The zero-order valence-electron chi connectivity index (χ0n) is 20.4. The number of rotatable bonds is 5. The highest BCUT2D eigenvalue weighted by molar-refractivity contribution is 7.98. The fourth-order valence-corrected chi connectivity index (χ4v) is 4.08. The van der Waals surface area contributed by atoms with E-state index in [0.29, 0.717) is 6.54 Å². The molecule has 0 saturated carbocycles. The molecule has 200 valence electrons. The number of benzene rings is 1. The van der Waals surface area contributed by atoms with E-state index in [0.717, 1.165) is 24.8 Å². The van der Waals surface area contributed by atoms with Crippen LogP contribution in [0.25, 0.3) is 0 Å². The fraction of sp³-hybridized carbons (Fsp3) is 0.500. The summed E-state index contributed by atoms with van der Waals surface area (Å²) >= 11 is 1.16. The zero-order valence-corrected chi connectivity index (χ0v) is 21.2. The van der Waals surface area contributed by atoms with Crippen LogP contribution in [-0.4, -0.2) is 90.2 Å². The minimum Gasteiger partial charge on any atom is -0.508 e. The molecule has 36 heavy (non-hydrogen) atoms. The van der Waals surface area contributed by atoms with E-state index in [1.807, 2.05) is 0 Å². The van der Waals surface area contributed by atoms with Crippen LogP contribution < -0.4 is 16.0 Å². The molecule has 2 rings (SSSR count). The second kappa shape index (κ2) is 14.8. The third-order valence-corrected chi connectivity index (χ3v) is 5.88. The van der Waals surface area contributed by atoms with Crippen molar-refractivity contribution >= 4 is 41.5 Å². The van der Waals surface area contributed by atoms with E-state index in [1.54, 1.807) is 7.05 Å². The van der Waals surface area contributed by atoms with Gasteiger partial charge in [-0.05, 0) is 14.0 Å². The third-order valence-electron chi connectivity index (χ3n) is 4.82. The van der Waals surface area contributed by atoms with E-state index < -0.39 is 48.4 Å². The zero-order chi connectivity index (χ0) is 27.4. The lowest BCUT2D eigenvalue weighted by Gasteiger charge is -2.24. The minimum atomic E-state index is -1.27. The summed E-state index contributed by atoms with van der Waals surface area (Å²) in [6.07, 6.45) is 0.0776. The molecule has 14 heteroatoms. The first kappa shape index (κ1) is 30.5. The maximum absolute atomic E-state index is 12.8. The number of carbonyl (C=O) groups is 5. The van der Waals surface area contributed by atoms with Crippen molar-refractivity contribution in [1.29, 1.82) is 0 Å². The summed E-state index contributed by atoms with van der Waals surface area (Å²) in [5.74, 6) is -3.99. The Labute approximate surface area is 211 Å². The number of carboxylic acid groups (broad SMARTS) is 1. The number of nitrogens with one attached hydrogen (secondary N) is 3. The molecule has 0 unspecified atom stereocenters. The molecular weight excluding hydrogens is 498 g/mol. The Morgan fingerprint density at radius 3 is 2.47 bits per heavy atom. The van der Waals surface area contributed by atoms with Gasteiger partial charge in [0.25, 0.3) is 5.97 Å². The van der Waals surface area contributed by atoms with Crippen LogP contribution in [0.2, 0.25) is 0 Å². The van der Waals surface area contributed by atoms with E-state index in [1.165, 1.54) is 14.0 Å². The van der Waals surface area contributed by atoms with Gasteiger partial charge in [0.05, 0.1) is 12.7 Å². The Kier molecular flexibility index (Phi) is 12.5. The molecule has 0 aliphatic carbocycles. The van der Waals surface area contributed by atoms with Crippen LogP contribution in [0, 0.1) is 6.92 Å². The van der Waals surface area contributed by atoms with Crippen molar-refractivity contribution in [1.82, 2.24) is 16.0 Å². The Hall–Kier alpha value is -3.52. The maximum atomic E-state index is 12.8. The molecule has 1 aliphatic heterocycles. The molecule has 1 aromatic carbocycles. The van der Waals surface area contributed by atoms with E-state index in [9.17, 15) is 29.4 Å². The van der Waals surface area contributed by atoms with Gasteiger partial charge in [0.15, 0.2) is 0 Å². The second-order valence-electron chi connectivity index (χ2n) is 7.58. The van der Waals surface area contributed by atoms with E-state index >= 15 is 0 Å². The number of esters is 2. The predicted octanol–water partition coefficient (Wildman–Crippen LogP) is -0.347.